The topological polar surface area (TPSA) is 122 Å². The maximum atomic E-state index is 12.7. The van der Waals surface area contributed by atoms with Gasteiger partial charge in [-0.1, -0.05) is 42.5 Å². The van der Waals surface area contributed by atoms with E-state index in [1.54, 1.807) is 42.5 Å². The van der Waals surface area contributed by atoms with Crippen molar-refractivity contribution in [3.05, 3.63) is 86.4 Å². The molecule has 0 radical (unpaired) electrons. The number of ether oxygens (including phenoxy) is 1. The average Bonchev–Trinajstić information content (AvgIpc) is 2.77. The van der Waals surface area contributed by atoms with Crippen LogP contribution in [0.15, 0.2) is 65.2 Å². The Balaban J connectivity index is 1.98. The lowest BCUT2D eigenvalue weighted by Crippen LogP contribution is -2.44. The zero-order valence-corrected chi connectivity index (χ0v) is 16.7. The van der Waals surface area contributed by atoms with E-state index in [4.69, 9.17) is 4.74 Å². The van der Waals surface area contributed by atoms with Crippen molar-refractivity contribution >= 4 is 29.3 Å². The number of carbonyl (C=O) groups is 2. The zero-order chi connectivity index (χ0) is 21.7. The van der Waals surface area contributed by atoms with Crippen molar-refractivity contribution in [1.29, 1.82) is 5.26 Å². The average molecular weight is 423 g/mol. The van der Waals surface area contributed by atoms with E-state index in [1.165, 1.54) is 31.0 Å². The van der Waals surface area contributed by atoms with Crippen LogP contribution in [-0.2, 0) is 20.1 Å². The third-order valence-corrected chi connectivity index (χ3v) is 5.74. The molecule has 0 saturated heterocycles. The van der Waals surface area contributed by atoms with Crippen LogP contribution in [-0.4, -0.2) is 23.9 Å². The highest BCUT2D eigenvalue weighted by molar-refractivity contribution is 8.02. The molecule has 1 aliphatic heterocycles. The van der Waals surface area contributed by atoms with Crippen LogP contribution < -0.4 is 5.32 Å². The summed E-state index contributed by atoms with van der Waals surface area (Å²) in [6.07, 6.45) is 0. The monoisotopic (exact) mass is 423 g/mol. The fraction of sp³-hybridized carbons (Fsp3) is 0.190. The van der Waals surface area contributed by atoms with E-state index in [-0.39, 0.29) is 11.3 Å². The maximum absolute atomic E-state index is 12.7. The van der Waals surface area contributed by atoms with E-state index in [0.29, 0.717) is 21.9 Å². The molecule has 9 heteroatoms. The lowest BCUT2D eigenvalue weighted by molar-refractivity contribution is -0.384. The smallest absolute Gasteiger partial charge is 0.319 e. The van der Waals surface area contributed by atoms with Gasteiger partial charge in [0.15, 0.2) is 0 Å². The summed E-state index contributed by atoms with van der Waals surface area (Å²) in [7, 11) is 1.19. The number of hydrogen-bond donors (Lipinski definition) is 1. The Morgan fingerprint density at radius 3 is 2.63 bits per heavy atom. The Hall–Kier alpha value is -3.64. The minimum Gasteiger partial charge on any atom is -0.468 e. The Morgan fingerprint density at radius 1 is 1.27 bits per heavy atom. The molecule has 1 heterocycles. The van der Waals surface area contributed by atoms with E-state index >= 15 is 0 Å². The van der Waals surface area contributed by atoms with E-state index in [0.717, 1.165) is 0 Å². The number of non-ortho nitro benzene ring substituents is 1. The van der Waals surface area contributed by atoms with Gasteiger partial charge in [-0.25, -0.2) is 0 Å². The molecular formula is C21H17N3O5S. The first-order valence-corrected chi connectivity index (χ1v) is 9.89. The van der Waals surface area contributed by atoms with Gasteiger partial charge in [0, 0.05) is 23.8 Å². The third-order valence-electron chi connectivity index (χ3n) is 4.65. The molecule has 0 fully saturated rings. The minimum atomic E-state index is -1.19. The third kappa shape index (κ3) is 4.34. The predicted molar refractivity (Wildman–Crippen MR) is 110 cm³/mol. The molecule has 2 aromatic carbocycles. The molecule has 0 bridgehead atoms. The fourth-order valence-corrected chi connectivity index (χ4v) is 4.25. The number of nitriles is 1. The maximum Gasteiger partial charge on any atom is 0.319 e. The van der Waals surface area contributed by atoms with Gasteiger partial charge in [0.1, 0.15) is 5.92 Å². The van der Waals surface area contributed by atoms with Gasteiger partial charge in [-0.3, -0.25) is 19.7 Å². The van der Waals surface area contributed by atoms with E-state index in [2.05, 4.69) is 11.4 Å². The van der Waals surface area contributed by atoms with E-state index < -0.39 is 28.6 Å². The fourth-order valence-electron chi connectivity index (χ4n) is 3.26. The van der Waals surface area contributed by atoms with Gasteiger partial charge in [0.2, 0.25) is 5.91 Å². The summed E-state index contributed by atoms with van der Waals surface area (Å²) in [5.74, 6) is -2.96. The molecular weight excluding hydrogens is 406 g/mol. The molecule has 1 N–H and O–H groups in total. The molecule has 2 atom stereocenters. The number of nitrogens with zero attached hydrogens (tertiary/aromatic N) is 2. The number of rotatable bonds is 6. The summed E-state index contributed by atoms with van der Waals surface area (Å²) in [6.45, 7) is 0. The van der Waals surface area contributed by atoms with Crippen molar-refractivity contribution in [3.63, 3.8) is 0 Å². The van der Waals surface area contributed by atoms with Gasteiger partial charge in [-0.15, -0.1) is 11.8 Å². The number of allylic oxidation sites excluding steroid dienone is 1. The van der Waals surface area contributed by atoms with Crippen LogP contribution in [0, 0.1) is 27.4 Å². The van der Waals surface area contributed by atoms with Crippen LogP contribution in [0.4, 0.5) is 5.69 Å². The van der Waals surface area contributed by atoms with Gasteiger partial charge >= 0.3 is 5.97 Å². The van der Waals surface area contributed by atoms with E-state index in [1.807, 2.05) is 0 Å². The predicted octanol–water partition coefficient (Wildman–Crippen LogP) is 3.27. The number of hydrogen-bond acceptors (Lipinski definition) is 7. The van der Waals surface area contributed by atoms with Crippen LogP contribution in [0.5, 0.6) is 0 Å². The summed E-state index contributed by atoms with van der Waals surface area (Å²) < 4.78 is 4.80. The summed E-state index contributed by atoms with van der Waals surface area (Å²) in [5, 5.41) is 23.8. The van der Waals surface area contributed by atoms with Crippen LogP contribution in [0.3, 0.4) is 0 Å². The van der Waals surface area contributed by atoms with Gasteiger partial charge in [-0.2, -0.15) is 5.26 Å². The highest BCUT2D eigenvalue weighted by Gasteiger charge is 2.44. The van der Waals surface area contributed by atoms with Crippen molar-refractivity contribution in [2.75, 3.05) is 7.11 Å². The Morgan fingerprint density at radius 2 is 2.00 bits per heavy atom. The first kappa shape index (κ1) is 21.1. The molecule has 3 rings (SSSR count). The van der Waals surface area contributed by atoms with Gasteiger partial charge in [0.05, 0.1) is 28.7 Å². The number of nitro groups is 1. The summed E-state index contributed by atoms with van der Waals surface area (Å²) in [5.41, 5.74) is 1.52. The van der Waals surface area contributed by atoms with Crippen molar-refractivity contribution < 1.29 is 19.2 Å². The van der Waals surface area contributed by atoms with Crippen LogP contribution in [0.25, 0.3) is 0 Å². The second kappa shape index (κ2) is 9.24. The van der Waals surface area contributed by atoms with Gasteiger partial charge in [-0.05, 0) is 11.1 Å². The molecule has 1 amide bonds. The molecule has 0 aliphatic carbocycles. The molecule has 0 aromatic heterocycles. The van der Waals surface area contributed by atoms with Crippen LogP contribution in [0.1, 0.15) is 17.0 Å². The largest absolute Gasteiger partial charge is 0.468 e. The highest BCUT2D eigenvalue weighted by Crippen LogP contribution is 2.40. The summed E-state index contributed by atoms with van der Waals surface area (Å²) >= 11 is 1.18. The summed E-state index contributed by atoms with van der Waals surface area (Å²) in [4.78, 5) is 35.6. The quantitative estimate of drug-likeness (QED) is 0.327. The number of amides is 1. The van der Waals surface area contributed by atoms with Crippen molar-refractivity contribution in [2.45, 2.75) is 11.7 Å². The minimum absolute atomic E-state index is 0.0387. The summed E-state index contributed by atoms with van der Waals surface area (Å²) in [6, 6.07) is 17.1. The standard InChI is InChI=1S/C21H17N3O5S/c1-29-21(26)18-17(14-7-3-2-4-8-14)16(11-22)20(23-19(18)25)30-12-13-6-5-9-15(10-13)24(27)28/h2-10,17-18H,12H2,1H3,(H,23,25)/t17-,18+/m0/s1. The van der Waals surface area contributed by atoms with Crippen molar-refractivity contribution in [1.82, 2.24) is 5.32 Å². The molecule has 1 aliphatic rings. The molecule has 2 aromatic rings. The molecule has 0 saturated carbocycles. The number of nitrogens with one attached hydrogen (secondary N) is 1. The molecule has 8 nitrogen and oxygen atoms in total. The normalized spacial score (nSPS) is 18.3. The zero-order valence-electron chi connectivity index (χ0n) is 15.9. The lowest BCUT2D eigenvalue weighted by Gasteiger charge is -2.30. The van der Waals surface area contributed by atoms with E-state index in [9.17, 15) is 25.0 Å². The lowest BCUT2D eigenvalue weighted by atomic mass is 9.78. The van der Waals surface area contributed by atoms with Crippen LogP contribution in [0.2, 0.25) is 0 Å². The first-order chi connectivity index (χ1) is 14.5. The number of carbonyl (C=O) groups excluding carboxylic acids is 2. The number of thioether (sulfide) groups is 1. The van der Waals surface area contributed by atoms with Crippen molar-refractivity contribution in [2.24, 2.45) is 5.92 Å². The number of nitro benzene ring substituents is 1. The van der Waals surface area contributed by atoms with Gasteiger partial charge < -0.3 is 10.1 Å². The second-order valence-corrected chi connectivity index (χ2v) is 7.43. The molecule has 0 unspecified atom stereocenters. The first-order valence-electron chi connectivity index (χ1n) is 8.90. The number of benzene rings is 2. The number of methoxy groups -OCH3 is 1. The Bertz CT molecular complexity index is 1060. The van der Waals surface area contributed by atoms with Gasteiger partial charge in [0.25, 0.3) is 5.69 Å². The highest BCUT2D eigenvalue weighted by atomic mass is 32.2. The SMILES string of the molecule is COC(=O)[C@H]1C(=O)NC(SCc2cccc([N+](=O)[O-])c2)=C(C#N)[C@@H]1c1ccccc1. The Labute approximate surface area is 176 Å². The van der Waals surface area contributed by atoms with Crippen molar-refractivity contribution in [3.8, 4) is 6.07 Å². The number of esters is 1. The van der Waals surface area contributed by atoms with Crippen LogP contribution >= 0.6 is 11.8 Å². The molecule has 30 heavy (non-hydrogen) atoms. The molecule has 0 spiro atoms. The second-order valence-electron chi connectivity index (χ2n) is 6.45. The molecule has 152 valence electrons. The Kier molecular flexibility index (Phi) is 6.49.